The van der Waals surface area contributed by atoms with E-state index in [4.69, 9.17) is 4.74 Å². The molecule has 0 bridgehead atoms. The van der Waals surface area contributed by atoms with E-state index in [1.807, 2.05) is 6.07 Å². The van der Waals surface area contributed by atoms with Crippen molar-refractivity contribution < 1.29 is 18.3 Å². The molecule has 7 heteroatoms. The van der Waals surface area contributed by atoms with Gasteiger partial charge in [-0.3, -0.25) is 9.59 Å². The summed E-state index contributed by atoms with van der Waals surface area (Å²) in [6.07, 6.45) is 0. The molecule has 1 aliphatic heterocycles. The van der Waals surface area contributed by atoms with Crippen molar-refractivity contribution in [2.24, 2.45) is 0 Å². The zero-order valence-corrected chi connectivity index (χ0v) is 14.5. The molecule has 0 spiro atoms. The molecule has 1 atom stereocenters. The summed E-state index contributed by atoms with van der Waals surface area (Å²) >= 11 is 0. The molecule has 138 valence electrons. The lowest BCUT2D eigenvalue weighted by Gasteiger charge is -2.34. The average Bonchev–Trinajstić information content (AvgIpc) is 2.68. The summed E-state index contributed by atoms with van der Waals surface area (Å²) in [6.45, 7) is 0.311. The van der Waals surface area contributed by atoms with Crippen LogP contribution in [0, 0.1) is 11.6 Å². The number of amides is 1. The number of carbonyl (C=O) groups excluding carboxylic acids is 1. The van der Waals surface area contributed by atoms with Gasteiger partial charge in [0, 0.05) is 23.9 Å². The number of hydrogen-bond donors (Lipinski definition) is 1. The highest BCUT2D eigenvalue weighted by Gasteiger charge is 2.31. The van der Waals surface area contributed by atoms with Gasteiger partial charge in [-0.1, -0.05) is 18.2 Å². The lowest BCUT2D eigenvalue weighted by Crippen LogP contribution is -2.37. The first-order valence-corrected chi connectivity index (χ1v) is 8.41. The number of halogens is 2. The van der Waals surface area contributed by atoms with Crippen LogP contribution in [0.3, 0.4) is 0 Å². The number of carbonyl (C=O) groups is 1. The second-order valence-electron chi connectivity index (χ2n) is 6.47. The molecule has 0 saturated carbocycles. The van der Waals surface area contributed by atoms with Crippen LogP contribution < -0.4 is 5.56 Å². The summed E-state index contributed by atoms with van der Waals surface area (Å²) in [5, 5.41) is 0.328. The van der Waals surface area contributed by atoms with Gasteiger partial charge in [-0.2, -0.15) is 0 Å². The minimum absolute atomic E-state index is 0.0418. The van der Waals surface area contributed by atoms with Crippen LogP contribution in [0.1, 0.15) is 27.7 Å². The van der Waals surface area contributed by atoms with E-state index in [2.05, 4.69) is 4.98 Å². The number of nitrogens with one attached hydrogen (secondary N) is 1. The zero-order chi connectivity index (χ0) is 19.1. The molecule has 0 unspecified atom stereocenters. The van der Waals surface area contributed by atoms with E-state index in [0.717, 1.165) is 12.1 Å². The van der Waals surface area contributed by atoms with Crippen LogP contribution >= 0.6 is 0 Å². The van der Waals surface area contributed by atoms with Crippen molar-refractivity contribution in [2.75, 3.05) is 13.7 Å². The van der Waals surface area contributed by atoms with Gasteiger partial charge in [-0.15, -0.1) is 0 Å². The van der Waals surface area contributed by atoms with Crippen molar-refractivity contribution in [1.29, 1.82) is 0 Å². The largest absolute Gasteiger partial charge is 0.373 e. The van der Waals surface area contributed by atoms with Gasteiger partial charge in [0.1, 0.15) is 0 Å². The summed E-state index contributed by atoms with van der Waals surface area (Å²) < 4.78 is 33.1. The molecular formula is C20H16F2N2O3. The van der Waals surface area contributed by atoms with Crippen LogP contribution in [-0.4, -0.2) is 29.4 Å². The van der Waals surface area contributed by atoms with Crippen molar-refractivity contribution in [2.45, 2.75) is 12.6 Å². The van der Waals surface area contributed by atoms with Crippen LogP contribution in [-0.2, 0) is 11.3 Å². The number of rotatable bonds is 2. The van der Waals surface area contributed by atoms with Crippen molar-refractivity contribution >= 4 is 16.7 Å². The Morgan fingerprint density at radius 3 is 2.52 bits per heavy atom. The first kappa shape index (κ1) is 17.4. The molecule has 0 saturated heterocycles. The van der Waals surface area contributed by atoms with Crippen molar-refractivity contribution in [3.05, 3.63) is 81.3 Å². The predicted molar refractivity (Wildman–Crippen MR) is 95.4 cm³/mol. The molecule has 0 radical (unpaired) electrons. The molecular weight excluding hydrogens is 354 g/mol. The number of fused-ring (bicyclic) bond motifs is 3. The smallest absolute Gasteiger partial charge is 0.256 e. The van der Waals surface area contributed by atoms with E-state index < -0.39 is 23.2 Å². The average molecular weight is 370 g/mol. The topological polar surface area (TPSA) is 62.4 Å². The highest BCUT2D eigenvalue weighted by molar-refractivity contribution is 5.95. The third-order valence-corrected chi connectivity index (χ3v) is 4.85. The maximum absolute atomic E-state index is 13.9. The van der Waals surface area contributed by atoms with E-state index in [1.54, 1.807) is 31.3 Å². The van der Waals surface area contributed by atoms with Crippen LogP contribution in [0.2, 0.25) is 0 Å². The van der Waals surface area contributed by atoms with Gasteiger partial charge in [-0.25, -0.2) is 8.78 Å². The molecule has 2 aromatic carbocycles. The fourth-order valence-electron chi connectivity index (χ4n) is 3.47. The Hall–Kier alpha value is -3.06. The van der Waals surface area contributed by atoms with Crippen molar-refractivity contribution in [1.82, 2.24) is 9.88 Å². The van der Waals surface area contributed by atoms with Gasteiger partial charge in [0.2, 0.25) is 0 Å². The van der Waals surface area contributed by atoms with Crippen LogP contribution in [0.5, 0.6) is 0 Å². The number of aromatic amines is 1. The van der Waals surface area contributed by atoms with Gasteiger partial charge in [-0.05, 0) is 29.7 Å². The van der Waals surface area contributed by atoms with E-state index >= 15 is 0 Å². The summed E-state index contributed by atoms with van der Waals surface area (Å²) in [5.74, 6) is -2.37. The molecule has 1 aromatic heterocycles. The molecule has 1 N–H and O–H groups in total. The standard InChI is InChI=1S/C20H16F2N2O3/c1-24(20(26)11-5-3-2-4-6-11)17-10-27-9-16-18(17)12-7-14(21)15(22)8-13(12)19(25)23-16/h2-8,17H,9-10H2,1H3,(H,23,25)/t17-/m0/s1. The number of pyridine rings is 1. The normalized spacial score (nSPS) is 16.2. The highest BCUT2D eigenvalue weighted by atomic mass is 19.2. The van der Waals surface area contributed by atoms with Gasteiger partial charge < -0.3 is 14.6 Å². The Morgan fingerprint density at radius 1 is 1.15 bits per heavy atom. The molecule has 0 aliphatic carbocycles. The van der Waals surface area contributed by atoms with Crippen LogP contribution in [0.25, 0.3) is 10.8 Å². The molecule has 3 aromatic rings. The fraction of sp³-hybridized carbons (Fsp3) is 0.200. The molecule has 0 fully saturated rings. The molecule has 2 heterocycles. The number of H-pyrrole nitrogens is 1. The number of likely N-dealkylation sites (N-methyl/N-ethyl adjacent to an activating group) is 1. The third-order valence-electron chi connectivity index (χ3n) is 4.85. The lowest BCUT2D eigenvalue weighted by atomic mass is 9.95. The predicted octanol–water partition coefficient (Wildman–Crippen LogP) is 3.15. The van der Waals surface area contributed by atoms with Crippen LogP contribution in [0.15, 0.2) is 47.3 Å². The molecule has 1 aliphatic rings. The summed E-state index contributed by atoms with van der Waals surface area (Å²) in [7, 11) is 1.62. The Balaban J connectivity index is 1.87. The quantitative estimate of drug-likeness (QED) is 0.754. The molecule has 5 nitrogen and oxygen atoms in total. The first-order valence-electron chi connectivity index (χ1n) is 8.41. The SMILES string of the molecule is CN(C(=O)c1ccccc1)[C@H]1COCc2[nH]c(=O)c3cc(F)c(F)cc3c21. The minimum atomic E-state index is -1.09. The van der Waals surface area contributed by atoms with E-state index in [1.165, 1.54) is 4.90 Å². The van der Waals surface area contributed by atoms with Crippen molar-refractivity contribution in [3.8, 4) is 0 Å². The Morgan fingerprint density at radius 2 is 1.81 bits per heavy atom. The fourth-order valence-corrected chi connectivity index (χ4v) is 3.47. The molecule has 4 rings (SSSR count). The van der Waals surface area contributed by atoms with E-state index in [9.17, 15) is 18.4 Å². The summed E-state index contributed by atoms with van der Waals surface area (Å²) in [4.78, 5) is 29.3. The molecule has 1 amide bonds. The first-order chi connectivity index (χ1) is 13.0. The number of aromatic nitrogens is 1. The Labute approximate surface area is 153 Å². The minimum Gasteiger partial charge on any atom is -0.373 e. The Bertz CT molecular complexity index is 1100. The maximum atomic E-state index is 13.9. The maximum Gasteiger partial charge on any atom is 0.256 e. The van der Waals surface area contributed by atoms with Gasteiger partial charge >= 0.3 is 0 Å². The van der Waals surface area contributed by atoms with E-state index in [-0.39, 0.29) is 29.9 Å². The second-order valence-corrected chi connectivity index (χ2v) is 6.47. The monoisotopic (exact) mass is 370 g/mol. The van der Waals surface area contributed by atoms with Gasteiger partial charge in [0.25, 0.3) is 11.5 Å². The second kappa shape index (κ2) is 6.59. The van der Waals surface area contributed by atoms with Gasteiger partial charge in [0.05, 0.1) is 24.6 Å². The highest BCUT2D eigenvalue weighted by Crippen LogP contribution is 2.34. The summed E-state index contributed by atoms with van der Waals surface area (Å²) in [5.41, 5.74) is 1.01. The van der Waals surface area contributed by atoms with Crippen LogP contribution in [0.4, 0.5) is 8.78 Å². The van der Waals surface area contributed by atoms with E-state index in [0.29, 0.717) is 16.8 Å². The number of hydrogen-bond acceptors (Lipinski definition) is 3. The Kier molecular flexibility index (Phi) is 4.24. The van der Waals surface area contributed by atoms with Gasteiger partial charge in [0.15, 0.2) is 11.6 Å². The lowest BCUT2D eigenvalue weighted by molar-refractivity contribution is 0.0335. The third kappa shape index (κ3) is 2.90. The van der Waals surface area contributed by atoms with Crippen molar-refractivity contribution in [3.63, 3.8) is 0 Å². The number of ether oxygens (including phenoxy) is 1. The summed E-state index contributed by atoms with van der Waals surface area (Å²) in [6, 6.07) is 10.1. The number of benzene rings is 2. The zero-order valence-electron chi connectivity index (χ0n) is 14.5. The molecule has 27 heavy (non-hydrogen) atoms. The number of nitrogens with zero attached hydrogens (tertiary/aromatic N) is 1.